The van der Waals surface area contributed by atoms with E-state index in [1.807, 2.05) is 0 Å². The maximum Gasteiger partial charge on any atom is 0.191 e. The molecular weight excluding hydrogens is 260 g/mol. The summed E-state index contributed by atoms with van der Waals surface area (Å²) in [5, 5.41) is 0.322. The molecule has 0 aliphatic heterocycles. The van der Waals surface area contributed by atoms with Crippen LogP contribution in [0.15, 0.2) is 30.3 Å². The first-order chi connectivity index (χ1) is 9.22. The maximum atomic E-state index is 6.23. The summed E-state index contributed by atoms with van der Waals surface area (Å²) in [6.45, 7) is 14.8. The van der Waals surface area contributed by atoms with E-state index in [1.54, 1.807) is 0 Å². The predicted molar refractivity (Wildman–Crippen MR) is 91.7 cm³/mol. The summed E-state index contributed by atoms with van der Waals surface area (Å²) in [6, 6.07) is 10.8. The van der Waals surface area contributed by atoms with Gasteiger partial charge in [-0.25, -0.2) is 0 Å². The Balaban J connectivity index is 2.24. The van der Waals surface area contributed by atoms with Crippen molar-refractivity contribution in [1.82, 2.24) is 0 Å². The third-order valence-electron chi connectivity index (χ3n) is 4.54. The van der Waals surface area contributed by atoms with Crippen LogP contribution in [-0.2, 0) is 10.8 Å². The summed E-state index contributed by atoms with van der Waals surface area (Å²) < 4.78 is 6.23. The van der Waals surface area contributed by atoms with E-state index >= 15 is 0 Å². The first-order valence-electron chi connectivity index (χ1n) is 7.90. The fraction of sp³-hybridized carbons (Fsp3) is 0.667. The second kappa shape index (κ2) is 7.42. The van der Waals surface area contributed by atoms with E-state index in [-0.39, 0.29) is 0 Å². The first kappa shape index (κ1) is 17.4. The number of hydrogen-bond acceptors (Lipinski definition) is 1. The molecule has 0 N–H and O–H groups in total. The van der Waals surface area contributed by atoms with Crippen LogP contribution in [0.3, 0.4) is 0 Å². The third kappa shape index (κ3) is 5.80. The Bertz CT molecular complexity index is 378. The molecule has 0 aliphatic carbocycles. The van der Waals surface area contributed by atoms with Gasteiger partial charge in [-0.1, -0.05) is 58.0 Å². The molecule has 1 aromatic rings. The molecule has 1 aromatic carbocycles. The second-order valence-electron chi connectivity index (χ2n) is 7.55. The van der Waals surface area contributed by atoms with Crippen molar-refractivity contribution in [2.75, 3.05) is 6.61 Å². The molecule has 0 heterocycles. The van der Waals surface area contributed by atoms with Crippen molar-refractivity contribution < 1.29 is 4.43 Å². The van der Waals surface area contributed by atoms with E-state index in [9.17, 15) is 0 Å². The summed E-state index contributed by atoms with van der Waals surface area (Å²) in [6.07, 6.45) is 3.62. The lowest BCUT2D eigenvalue weighted by Crippen LogP contribution is -2.41. The van der Waals surface area contributed by atoms with Crippen molar-refractivity contribution >= 4 is 8.32 Å². The number of hydrogen-bond donors (Lipinski definition) is 0. The highest BCUT2D eigenvalue weighted by Crippen LogP contribution is 2.36. The Morgan fingerprint density at radius 2 is 1.70 bits per heavy atom. The molecule has 0 saturated heterocycles. The van der Waals surface area contributed by atoms with Crippen LogP contribution in [0.4, 0.5) is 0 Å². The molecule has 114 valence electrons. The molecule has 1 rings (SSSR count). The van der Waals surface area contributed by atoms with Crippen LogP contribution < -0.4 is 0 Å². The molecule has 0 fully saturated rings. The highest BCUT2D eigenvalue weighted by atomic mass is 28.4. The highest BCUT2D eigenvalue weighted by Gasteiger charge is 2.36. The van der Waals surface area contributed by atoms with Gasteiger partial charge in [-0.3, -0.25) is 0 Å². The van der Waals surface area contributed by atoms with Crippen LogP contribution in [-0.4, -0.2) is 14.9 Å². The van der Waals surface area contributed by atoms with Crippen molar-refractivity contribution in [3.63, 3.8) is 0 Å². The van der Waals surface area contributed by atoms with Crippen LogP contribution in [0.25, 0.3) is 0 Å². The SMILES string of the molecule is C[C@@H](CCCO[Si](C)(C)C(C)(C)C)Cc1ccccc1. The summed E-state index contributed by atoms with van der Waals surface area (Å²) in [7, 11) is -1.55. The average molecular weight is 293 g/mol. The molecule has 0 radical (unpaired) electrons. The van der Waals surface area contributed by atoms with E-state index < -0.39 is 8.32 Å². The molecule has 1 atom stereocenters. The Hall–Kier alpha value is -0.603. The fourth-order valence-electron chi connectivity index (χ4n) is 2.09. The molecule has 0 aromatic heterocycles. The Morgan fingerprint density at radius 1 is 1.10 bits per heavy atom. The van der Waals surface area contributed by atoms with Crippen molar-refractivity contribution in [3.05, 3.63) is 35.9 Å². The molecular formula is C18H32OSi. The van der Waals surface area contributed by atoms with Crippen LogP contribution >= 0.6 is 0 Å². The highest BCUT2D eigenvalue weighted by molar-refractivity contribution is 6.74. The van der Waals surface area contributed by atoms with Crippen LogP contribution in [0.5, 0.6) is 0 Å². The Morgan fingerprint density at radius 3 is 2.25 bits per heavy atom. The largest absolute Gasteiger partial charge is 0.417 e. The van der Waals surface area contributed by atoms with Gasteiger partial charge in [-0.05, 0) is 48.9 Å². The quantitative estimate of drug-likeness (QED) is 0.465. The number of benzene rings is 1. The second-order valence-corrected chi connectivity index (χ2v) is 12.4. The third-order valence-corrected chi connectivity index (χ3v) is 9.08. The maximum absolute atomic E-state index is 6.23. The van der Waals surface area contributed by atoms with E-state index in [0.717, 1.165) is 12.5 Å². The van der Waals surface area contributed by atoms with Gasteiger partial charge in [-0.15, -0.1) is 0 Å². The van der Waals surface area contributed by atoms with Gasteiger partial charge in [0, 0.05) is 6.61 Å². The minimum absolute atomic E-state index is 0.322. The smallest absolute Gasteiger partial charge is 0.191 e. The van der Waals surface area contributed by atoms with Gasteiger partial charge < -0.3 is 4.43 Å². The summed E-state index contributed by atoms with van der Waals surface area (Å²) in [4.78, 5) is 0. The van der Waals surface area contributed by atoms with E-state index in [2.05, 4.69) is 71.1 Å². The minimum atomic E-state index is -1.55. The summed E-state index contributed by atoms with van der Waals surface area (Å²) >= 11 is 0. The normalized spacial score (nSPS) is 14.3. The van der Waals surface area contributed by atoms with Gasteiger partial charge in [0.2, 0.25) is 0 Å². The van der Waals surface area contributed by atoms with Gasteiger partial charge in [0.05, 0.1) is 0 Å². The minimum Gasteiger partial charge on any atom is -0.417 e. The molecule has 0 saturated carbocycles. The summed E-state index contributed by atoms with van der Waals surface area (Å²) in [5.41, 5.74) is 1.45. The molecule has 0 amide bonds. The van der Waals surface area contributed by atoms with E-state index in [4.69, 9.17) is 4.43 Å². The van der Waals surface area contributed by atoms with Crippen molar-refractivity contribution in [1.29, 1.82) is 0 Å². The lowest BCUT2D eigenvalue weighted by Gasteiger charge is -2.36. The number of rotatable bonds is 7. The Labute approximate surface area is 126 Å². The Kier molecular flexibility index (Phi) is 6.47. The molecule has 0 bridgehead atoms. The van der Waals surface area contributed by atoms with Crippen molar-refractivity contribution in [3.8, 4) is 0 Å². The molecule has 2 heteroatoms. The standard InChI is InChI=1S/C18H32OSi/c1-16(15-17-12-8-7-9-13-17)11-10-14-19-20(5,6)18(2,3)4/h7-9,12-13,16H,10-11,14-15H2,1-6H3/t16-/m0/s1. The van der Waals surface area contributed by atoms with Crippen LogP contribution in [0.2, 0.25) is 18.1 Å². The van der Waals surface area contributed by atoms with Crippen LogP contribution in [0, 0.1) is 5.92 Å². The molecule has 0 spiro atoms. The average Bonchev–Trinajstić information content (AvgIpc) is 2.34. The summed E-state index contributed by atoms with van der Waals surface area (Å²) in [5.74, 6) is 0.736. The first-order valence-corrected chi connectivity index (χ1v) is 10.8. The lowest BCUT2D eigenvalue weighted by molar-refractivity contribution is 0.270. The van der Waals surface area contributed by atoms with Crippen molar-refractivity contribution in [2.24, 2.45) is 5.92 Å². The molecule has 1 nitrogen and oxygen atoms in total. The van der Waals surface area contributed by atoms with Gasteiger partial charge in [0.1, 0.15) is 0 Å². The van der Waals surface area contributed by atoms with E-state index in [0.29, 0.717) is 5.04 Å². The topological polar surface area (TPSA) is 9.23 Å². The zero-order chi connectivity index (χ0) is 15.2. The van der Waals surface area contributed by atoms with Crippen LogP contribution in [0.1, 0.15) is 46.1 Å². The van der Waals surface area contributed by atoms with Gasteiger partial charge in [0.15, 0.2) is 8.32 Å². The zero-order valence-corrected chi connectivity index (χ0v) is 15.2. The van der Waals surface area contributed by atoms with E-state index in [1.165, 1.54) is 24.8 Å². The molecule has 0 unspecified atom stereocenters. The zero-order valence-electron chi connectivity index (χ0n) is 14.2. The predicted octanol–water partition coefficient (Wildman–Crippen LogP) is 5.67. The molecule has 0 aliphatic rings. The molecule has 20 heavy (non-hydrogen) atoms. The lowest BCUT2D eigenvalue weighted by atomic mass is 9.97. The van der Waals surface area contributed by atoms with Gasteiger partial charge in [-0.2, -0.15) is 0 Å². The van der Waals surface area contributed by atoms with Gasteiger partial charge >= 0.3 is 0 Å². The van der Waals surface area contributed by atoms with Gasteiger partial charge in [0.25, 0.3) is 0 Å². The monoisotopic (exact) mass is 292 g/mol. The fourth-order valence-corrected chi connectivity index (χ4v) is 3.18. The van der Waals surface area contributed by atoms with Crippen molar-refractivity contribution in [2.45, 2.75) is 65.1 Å².